The van der Waals surface area contributed by atoms with Crippen molar-refractivity contribution in [2.24, 2.45) is 0 Å². The first-order valence-corrected chi connectivity index (χ1v) is 6.93. The molecule has 0 aliphatic carbocycles. The summed E-state index contributed by atoms with van der Waals surface area (Å²) in [7, 11) is 0. The van der Waals surface area contributed by atoms with E-state index in [9.17, 15) is 4.79 Å². The van der Waals surface area contributed by atoms with Gasteiger partial charge in [0.1, 0.15) is 18.7 Å². The third-order valence-corrected chi connectivity index (χ3v) is 3.07. The number of fused-ring (bicyclic) bond motifs is 1. The van der Waals surface area contributed by atoms with E-state index in [1.807, 2.05) is 30.3 Å². The van der Waals surface area contributed by atoms with Crippen LogP contribution >= 0.6 is 0 Å². The molecule has 1 aromatic carbocycles. The van der Waals surface area contributed by atoms with Gasteiger partial charge in [-0.1, -0.05) is 18.2 Å². The van der Waals surface area contributed by atoms with Gasteiger partial charge in [-0.25, -0.2) is 14.6 Å². The van der Waals surface area contributed by atoms with Crippen LogP contribution in [0.1, 0.15) is 6.92 Å². The second kappa shape index (κ2) is 6.21. The van der Waals surface area contributed by atoms with Gasteiger partial charge in [-0.15, -0.1) is 0 Å². The van der Waals surface area contributed by atoms with Crippen molar-refractivity contribution in [3.8, 4) is 5.69 Å². The molecule has 0 fully saturated rings. The number of ether oxygens (including phenoxy) is 1. The Bertz CT molecular complexity index is 785. The van der Waals surface area contributed by atoms with Gasteiger partial charge >= 0.3 is 5.97 Å². The minimum Gasteiger partial charge on any atom is -0.465 e. The molecule has 2 heterocycles. The molecular formula is C15H15N5O2. The van der Waals surface area contributed by atoms with Crippen molar-refractivity contribution >= 4 is 22.8 Å². The van der Waals surface area contributed by atoms with Gasteiger partial charge in [0.15, 0.2) is 5.65 Å². The number of carbonyl (C=O) groups excluding carboxylic acids is 1. The molecule has 0 atom stereocenters. The molecule has 0 bridgehead atoms. The average Bonchev–Trinajstić information content (AvgIpc) is 2.98. The number of rotatable bonds is 5. The highest BCUT2D eigenvalue weighted by Crippen LogP contribution is 2.21. The Hall–Kier alpha value is -2.96. The van der Waals surface area contributed by atoms with E-state index >= 15 is 0 Å². The molecular weight excluding hydrogens is 282 g/mol. The highest BCUT2D eigenvalue weighted by atomic mass is 16.5. The third kappa shape index (κ3) is 2.73. The van der Waals surface area contributed by atoms with E-state index in [4.69, 9.17) is 4.74 Å². The van der Waals surface area contributed by atoms with Crippen LogP contribution in [0, 0.1) is 0 Å². The maximum Gasteiger partial charge on any atom is 0.325 e. The van der Waals surface area contributed by atoms with Crippen molar-refractivity contribution < 1.29 is 9.53 Å². The van der Waals surface area contributed by atoms with Crippen LogP contribution in [-0.2, 0) is 9.53 Å². The molecule has 0 aliphatic rings. The zero-order chi connectivity index (χ0) is 15.4. The van der Waals surface area contributed by atoms with Crippen molar-refractivity contribution in [3.05, 3.63) is 42.9 Å². The van der Waals surface area contributed by atoms with Gasteiger partial charge in [0.05, 0.1) is 23.9 Å². The predicted octanol–water partition coefficient (Wildman–Crippen LogP) is 1.79. The molecule has 3 rings (SSSR count). The Kier molecular flexibility index (Phi) is 3.95. The number of aromatic nitrogens is 4. The van der Waals surface area contributed by atoms with Crippen LogP contribution in [-0.4, -0.2) is 38.9 Å². The first kappa shape index (κ1) is 14.0. The standard InChI is InChI=1S/C15H15N5O2/c1-2-22-13(21)9-16-14-12-8-19-20(15(12)18-10-17-14)11-6-4-3-5-7-11/h3-8,10H,2,9H2,1H3,(H,16,17,18). The average molecular weight is 297 g/mol. The van der Waals surface area contributed by atoms with Crippen LogP contribution in [0.4, 0.5) is 5.82 Å². The molecule has 0 aliphatic heterocycles. The highest BCUT2D eigenvalue weighted by Gasteiger charge is 2.11. The van der Waals surface area contributed by atoms with Crippen molar-refractivity contribution in [1.82, 2.24) is 19.7 Å². The zero-order valence-corrected chi connectivity index (χ0v) is 12.1. The van der Waals surface area contributed by atoms with Crippen LogP contribution < -0.4 is 5.32 Å². The number of benzene rings is 1. The molecule has 0 saturated carbocycles. The Morgan fingerprint density at radius 1 is 1.27 bits per heavy atom. The maximum absolute atomic E-state index is 11.4. The molecule has 1 N–H and O–H groups in total. The van der Waals surface area contributed by atoms with Crippen LogP contribution in [0.15, 0.2) is 42.9 Å². The summed E-state index contributed by atoms with van der Waals surface area (Å²) in [5.74, 6) is 0.227. The van der Waals surface area contributed by atoms with E-state index in [1.54, 1.807) is 17.8 Å². The number of nitrogens with one attached hydrogen (secondary N) is 1. The molecule has 3 aromatic rings. The van der Waals surface area contributed by atoms with Gasteiger partial charge in [-0.2, -0.15) is 5.10 Å². The number of anilines is 1. The molecule has 7 nitrogen and oxygen atoms in total. The predicted molar refractivity (Wildman–Crippen MR) is 81.8 cm³/mol. The third-order valence-electron chi connectivity index (χ3n) is 3.07. The van der Waals surface area contributed by atoms with Crippen molar-refractivity contribution in [2.45, 2.75) is 6.92 Å². The molecule has 0 radical (unpaired) electrons. The Morgan fingerprint density at radius 2 is 2.09 bits per heavy atom. The first-order chi connectivity index (χ1) is 10.8. The second-order valence-corrected chi connectivity index (χ2v) is 4.51. The number of carbonyl (C=O) groups is 1. The SMILES string of the molecule is CCOC(=O)CNc1ncnc2c1cnn2-c1ccccc1. The van der Waals surface area contributed by atoms with Gasteiger partial charge in [0.25, 0.3) is 0 Å². The van der Waals surface area contributed by atoms with E-state index in [2.05, 4.69) is 20.4 Å². The fraction of sp³-hybridized carbons (Fsp3) is 0.200. The summed E-state index contributed by atoms with van der Waals surface area (Å²) < 4.78 is 6.61. The lowest BCUT2D eigenvalue weighted by atomic mass is 10.3. The van der Waals surface area contributed by atoms with Crippen LogP contribution in [0.3, 0.4) is 0 Å². The van der Waals surface area contributed by atoms with Gasteiger partial charge in [0, 0.05) is 0 Å². The van der Waals surface area contributed by atoms with Crippen molar-refractivity contribution in [1.29, 1.82) is 0 Å². The van der Waals surface area contributed by atoms with Crippen molar-refractivity contribution in [2.75, 3.05) is 18.5 Å². The van der Waals surface area contributed by atoms with Gasteiger partial charge < -0.3 is 10.1 Å². The quantitative estimate of drug-likeness (QED) is 0.723. The molecule has 22 heavy (non-hydrogen) atoms. The minimum absolute atomic E-state index is 0.0521. The van der Waals surface area contributed by atoms with Gasteiger partial charge in [-0.3, -0.25) is 4.79 Å². The van der Waals surface area contributed by atoms with Gasteiger partial charge in [0.2, 0.25) is 0 Å². The molecule has 7 heteroatoms. The lowest BCUT2D eigenvalue weighted by molar-refractivity contribution is -0.140. The summed E-state index contributed by atoms with van der Waals surface area (Å²) in [5.41, 5.74) is 1.58. The van der Waals surface area contributed by atoms with Crippen molar-refractivity contribution in [3.63, 3.8) is 0 Å². The Balaban J connectivity index is 1.91. The number of hydrogen-bond donors (Lipinski definition) is 1. The molecule has 0 saturated heterocycles. The number of para-hydroxylation sites is 1. The largest absolute Gasteiger partial charge is 0.465 e. The fourth-order valence-electron chi connectivity index (χ4n) is 2.11. The summed E-state index contributed by atoms with van der Waals surface area (Å²) in [6.45, 7) is 2.17. The van der Waals surface area contributed by atoms with E-state index < -0.39 is 0 Å². The lowest BCUT2D eigenvalue weighted by Gasteiger charge is -2.06. The van der Waals surface area contributed by atoms with Crippen LogP contribution in [0.2, 0.25) is 0 Å². The Labute approximate surface area is 127 Å². The normalized spacial score (nSPS) is 10.6. The summed E-state index contributed by atoms with van der Waals surface area (Å²) >= 11 is 0. The Morgan fingerprint density at radius 3 is 2.86 bits per heavy atom. The molecule has 112 valence electrons. The fourth-order valence-corrected chi connectivity index (χ4v) is 2.11. The van der Waals surface area contributed by atoms with E-state index in [1.165, 1.54) is 6.33 Å². The minimum atomic E-state index is -0.329. The summed E-state index contributed by atoms with van der Waals surface area (Å²) in [4.78, 5) is 19.9. The van der Waals surface area contributed by atoms with E-state index in [0.29, 0.717) is 18.1 Å². The summed E-state index contributed by atoms with van der Waals surface area (Å²) in [6.07, 6.45) is 3.12. The second-order valence-electron chi connectivity index (χ2n) is 4.51. The van der Waals surface area contributed by atoms with Gasteiger partial charge in [-0.05, 0) is 19.1 Å². The molecule has 0 unspecified atom stereocenters. The van der Waals surface area contributed by atoms with Crippen LogP contribution in [0.25, 0.3) is 16.7 Å². The maximum atomic E-state index is 11.4. The van der Waals surface area contributed by atoms with E-state index in [-0.39, 0.29) is 12.5 Å². The molecule has 0 amide bonds. The first-order valence-electron chi connectivity index (χ1n) is 6.93. The highest BCUT2D eigenvalue weighted by molar-refractivity contribution is 5.88. The number of nitrogens with zero attached hydrogens (tertiary/aromatic N) is 4. The zero-order valence-electron chi connectivity index (χ0n) is 12.1. The monoisotopic (exact) mass is 297 g/mol. The van der Waals surface area contributed by atoms with Crippen LogP contribution in [0.5, 0.6) is 0 Å². The number of hydrogen-bond acceptors (Lipinski definition) is 6. The summed E-state index contributed by atoms with van der Waals surface area (Å²) in [6, 6.07) is 9.70. The smallest absolute Gasteiger partial charge is 0.325 e. The molecule has 2 aromatic heterocycles. The molecule has 0 spiro atoms. The summed E-state index contributed by atoms with van der Waals surface area (Å²) in [5, 5.41) is 8.05. The topological polar surface area (TPSA) is 81.9 Å². The lowest BCUT2D eigenvalue weighted by Crippen LogP contribution is -2.17. The number of esters is 1. The van der Waals surface area contributed by atoms with E-state index in [0.717, 1.165) is 11.1 Å².